The zero-order chi connectivity index (χ0) is 15.5. The number of rotatable bonds is 4. The number of amides is 1. The van der Waals surface area contributed by atoms with E-state index in [0.29, 0.717) is 5.56 Å². The Hall–Kier alpha value is -2.47. The zero-order valence-electron chi connectivity index (χ0n) is 11.2. The Kier molecular flexibility index (Phi) is 4.18. The van der Waals surface area contributed by atoms with E-state index < -0.39 is 15.9 Å². The second-order valence-electron chi connectivity index (χ2n) is 4.38. The van der Waals surface area contributed by atoms with Crippen LogP contribution in [0.3, 0.4) is 0 Å². The number of sulfonamides is 1. The molecule has 21 heavy (non-hydrogen) atoms. The number of ketones is 1. The summed E-state index contributed by atoms with van der Waals surface area (Å²) in [6.07, 6.45) is 0. The molecule has 0 spiro atoms. The molecule has 0 saturated heterocycles. The van der Waals surface area contributed by atoms with Gasteiger partial charge in [0.05, 0.1) is 4.90 Å². The van der Waals surface area contributed by atoms with Crippen LogP contribution in [0.2, 0.25) is 0 Å². The molecule has 2 aromatic carbocycles. The highest BCUT2D eigenvalue weighted by molar-refractivity contribution is 7.90. The van der Waals surface area contributed by atoms with Gasteiger partial charge in [0, 0.05) is 11.1 Å². The van der Waals surface area contributed by atoms with Gasteiger partial charge in [-0.15, -0.1) is 0 Å². The van der Waals surface area contributed by atoms with Gasteiger partial charge < -0.3 is 0 Å². The molecular weight excluding hydrogens is 290 g/mol. The standard InChI is InChI=1S/C15H13NO4S/c1-11(17)12-7-9-14(10-8-12)21(19,20)16-15(18)13-5-3-2-4-6-13/h2-10H,1H3,(H,16,18). The summed E-state index contributed by atoms with van der Waals surface area (Å²) in [5, 5.41) is 0. The maximum atomic E-state index is 12.1. The van der Waals surface area contributed by atoms with Crippen LogP contribution in [-0.4, -0.2) is 20.1 Å². The summed E-state index contributed by atoms with van der Waals surface area (Å²) in [6, 6.07) is 13.4. The second-order valence-corrected chi connectivity index (χ2v) is 6.06. The number of nitrogens with one attached hydrogen (secondary N) is 1. The van der Waals surface area contributed by atoms with E-state index >= 15 is 0 Å². The van der Waals surface area contributed by atoms with Crippen LogP contribution in [-0.2, 0) is 10.0 Å². The fourth-order valence-corrected chi connectivity index (χ4v) is 2.67. The molecule has 0 saturated carbocycles. The monoisotopic (exact) mass is 303 g/mol. The molecule has 1 amide bonds. The van der Waals surface area contributed by atoms with Gasteiger partial charge in [0.1, 0.15) is 0 Å². The SMILES string of the molecule is CC(=O)c1ccc(S(=O)(=O)NC(=O)c2ccccc2)cc1. The zero-order valence-corrected chi connectivity index (χ0v) is 12.1. The first-order valence-corrected chi connectivity index (χ1v) is 7.62. The van der Waals surface area contributed by atoms with Crippen molar-refractivity contribution < 1.29 is 18.0 Å². The Morgan fingerprint density at radius 1 is 0.857 bits per heavy atom. The molecule has 0 aliphatic heterocycles. The summed E-state index contributed by atoms with van der Waals surface area (Å²) in [5.41, 5.74) is 0.657. The topological polar surface area (TPSA) is 80.3 Å². The normalized spacial score (nSPS) is 10.9. The molecule has 0 aliphatic carbocycles. The fourth-order valence-electron chi connectivity index (χ4n) is 1.70. The number of carbonyl (C=O) groups excluding carboxylic acids is 2. The van der Waals surface area contributed by atoms with Gasteiger partial charge in [-0.3, -0.25) is 9.59 Å². The average Bonchev–Trinajstić information content (AvgIpc) is 2.48. The molecule has 2 aromatic rings. The maximum absolute atomic E-state index is 12.1. The van der Waals surface area contributed by atoms with Crippen LogP contribution in [0.5, 0.6) is 0 Å². The van der Waals surface area contributed by atoms with Crippen molar-refractivity contribution >= 4 is 21.7 Å². The van der Waals surface area contributed by atoms with Gasteiger partial charge in [-0.25, -0.2) is 13.1 Å². The van der Waals surface area contributed by atoms with Crippen molar-refractivity contribution in [2.75, 3.05) is 0 Å². The highest BCUT2D eigenvalue weighted by Crippen LogP contribution is 2.12. The molecule has 0 bridgehead atoms. The maximum Gasteiger partial charge on any atom is 0.264 e. The largest absolute Gasteiger partial charge is 0.295 e. The van der Waals surface area contributed by atoms with Crippen LogP contribution in [0.15, 0.2) is 59.5 Å². The molecule has 0 heterocycles. The first kappa shape index (κ1) is 14.9. The minimum atomic E-state index is -3.96. The summed E-state index contributed by atoms with van der Waals surface area (Å²) in [6.45, 7) is 1.39. The lowest BCUT2D eigenvalue weighted by molar-refractivity contribution is 0.0979. The van der Waals surface area contributed by atoms with E-state index in [2.05, 4.69) is 0 Å². The van der Waals surface area contributed by atoms with Gasteiger partial charge in [0.2, 0.25) is 0 Å². The van der Waals surface area contributed by atoms with Gasteiger partial charge >= 0.3 is 0 Å². The molecule has 0 aromatic heterocycles. The van der Waals surface area contributed by atoms with Crippen LogP contribution >= 0.6 is 0 Å². The first-order valence-electron chi connectivity index (χ1n) is 6.13. The number of benzene rings is 2. The summed E-state index contributed by atoms with van der Waals surface area (Å²) in [7, 11) is -3.96. The Balaban J connectivity index is 2.22. The van der Waals surface area contributed by atoms with Crippen molar-refractivity contribution in [3.8, 4) is 0 Å². The van der Waals surface area contributed by atoms with E-state index in [9.17, 15) is 18.0 Å². The Morgan fingerprint density at radius 3 is 1.95 bits per heavy atom. The highest BCUT2D eigenvalue weighted by Gasteiger charge is 2.18. The van der Waals surface area contributed by atoms with E-state index in [1.165, 1.54) is 43.3 Å². The average molecular weight is 303 g/mol. The van der Waals surface area contributed by atoms with Gasteiger partial charge in [-0.2, -0.15) is 0 Å². The Labute approximate surface area is 122 Å². The van der Waals surface area contributed by atoms with Crippen LogP contribution < -0.4 is 4.72 Å². The first-order chi connectivity index (χ1) is 9.90. The second kappa shape index (κ2) is 5.88. The van der Waals surface area contributed by atoms with E-state index in [-0.39, 0.29) is 16.2 Å². The number of hydrogen-bond donors (Lipinski definition) is 1. The molecule has 6 heteroatoms. The van der Waals surface area contributed by atoms with Gasteiger partial charge in [-0.05, 0) is 31.2 Å². The van der Waals surface area contributed by atoms with Crippen molar-refractivity contribution in [3.05, 3.63) is 65.7 Å². The van der Waals surface area contributed by atoms with Gasteiger partial charge in [0.25, 0.3) is 15.9 Å². The third-order valence-corrected chi connectivity index (χ3v) is 4.18. The molecule has 0 fully saturated rings. The van der Waals surface area contributed by atoms with E-state index in [0.717, 1.165) is 0 Å². The molecule has 0 unspecified atom stereocenters. The Morgan fingerprint density at radius 2 is 1.43 bits per heavy atom. The molecule has 108 valence electrons. The molecule has 0 atom stereocenters. The minimum Gasteiger partial charge on any atom is -0.295 e. The smallest absolute Gasteiger partial charge is 0.264 e. The van der Waals surface area contributed by atoms with Crippen LogP contribution in [0.25, 0.3) is 0 Å². The van der Waals surface area contributed by atoms with Gasteiger partial charge in [-0.1, -0.05) is 30.3 Å². The Bertz CT molecular complexity index is 765. The predicted octanol–water partition coefficient (Wildman–Crippen LogP) is 2.01. The third kappa shape index (κ3) is 3.55. The van der Waals surface area contributed by atoms with Crippen molar-refractivity contribution in [3.63, 3.8) is 0 Å². The lowest BCUT2D eigenvalue weighted by Gasteiger charge is -2.07. The van der Waals surface area contributed by atoms with Crippen LogP contribution in [0.1, 0.15) is 27.6 Å². The number of Topliss-reactive ketones (excluding diaryl/α,β-unsaturated/α-hetero) is 1. The van der Waals surface area contributed by atoms with Gasteiger partial charge in [0.15, 0.2) is 5.78 Å². The number of hydrogen-bond acceptors (Lipinski definition) is 4. The molecule has 0 radical (unpaired) electrons. The van der Waals surface area contributed by atoms with Crippen molar-refractivity contribution in [1.82, 2.24) is 4.72 Å². The highest BCUT2D eigenvalue weighted by atomic mass is 32.2. The lowest BCUT2D eigenvalue weighted by atomic mass is 10.2. The third-order valence-electron chi connectivity index (χ3n) is 2.83. The van der Waals surface area contributed by atoms with Crippen molar-refractivity contribution in [1.29, 1.82) is 0 Å². The number of carbonyl (C=O) groups is 2. The lowest BCUT2D eigenvalue weighted by Crippen LogP contribution is -2.30. The minimum absolute atomic E-state index is 0.0724. The van der Waals surface area contributed by atoms with Crippen molar-refractivity contribution in [2.45, 2.75) is 11.8 Å². The molecule has 1 N–H and O–H groups in total. The summed E-state index contributed by atoms with van der Waals surface area (Å²) in [4.78, 5) is 22.9. The van der Waals surface area contributed by atoms with Crippen molar-refractivity contribution in [2.24, 2.45) is 0 Å². The molecular formula is C15H13NO4S. The summed E-state index contributed by atoms with van der Waals surface area (Å²) in [5.74, 6) is -0.862. The summed E-state index contributed by atoms with van der Waals surface area (Å²) < 4.78 is 26.1. The molecule has 2 rings (SSSR count). The van der Waals surface area contributed by atoms with Crippen LogP contribution in [0.4, 0.5) is 0 Å². The predicted molar refractivity (Wildman–Crippen MR) is 77.5 cm³/mol. The van der Waals surface area contributed by atoms with Crippen LogP contribution in [0, 0.1) is 0 Å². The van der Waals surface area contributed by atoms with E-state index in [1.807, 2.05) is 4.72 Å². The van der Waals surface area contributed by atoms with E-state index in [4.69, 9.17) is 0 Å². The van der Waals surface area contributed by atoms with E-state index in [1.54, 1.807) is 18.2 Å². The molecule has 5 nitrogen and oxygen atoms in total. The fraction of sp³-hybridized carbons (Fsp3) is 0.0667. The quantitative estimate of drug-likeness (QED) is 0.876. The molecule has 0 aliphatic rings. The summed E-state index contributed by atoms with van der Waals surface area (Å²) >= 11 is 0.